The van der Waals surface area contributed by atoms with Gasteiger partial charge in [-0.05, 0) is 24.0 Å². The molecular weight excluding hydrogens is 336 g/mol. The zero-order chi connectivity index (χ0) is 19.3. The monoisotopic (exact) mass is 363 g/mol. The van der Waals surface area contributed by atoms with Crippen LogP contribution in [0.25, 0.3) is 0 Å². The number of aliphatic imine (C=N–C) groups is 1. The lowest BCUT2D eigenvalue weighted by Gasteiger charge is -2.22. The number of guanidine groups is 1. The van der Waals surface area contributed by atoms with Crippen LogP contribution >= 0.6 is 0 Å². The summed E-state index contributed by atoms with van der Waals surface area (Å²) in [5.74, 6) is -0.567. The number of aromatic nitrogens is 2. The molecule has 0 saturated carbocycles. The van der Waals surface area contributed by atoms with E-state index in [1.807, 2.05) is 29.9 Å². The number of benzene rings is 1. The van der Waals surface area contributed by atoms with E-state index in [9.17, 15) is 8.78 Å². The Bertz CT molecular complexity index is 767. The van der Waals surface area contributed by atoms with Crippen molar-refractivity contribution in [1.82, 2.24) is 20.0 Å². The lowest BCUT2D eigenvalue weighted by Crippen LogP contribution is -2.39. The molecule has 5 nitrogen and oxygen atoms in total. The molecule has 2 aromatic rings. The largest absolute Gasteiger partial charge is 0.356 e. The maximum atomic E-state index is 13.7. The average molecular weight is 363 g/mol. The fourth-order valence-electron chi connectivity index (χ4n) is 2.93. The molecule has 0 fully saturated rings. The smallest absolute Gasteiger partial charge is 0.193 e. The van der Waals surface area contributed by atoms with Crippen molar-refractivity contribution in [1.29, 1.82) is 0 Å². The summed E-state index contributed by atoms with van der Waals surface area (Å²) in [5.41, 5.74) is 2.56. The number of hydrogen-bond donors (Lipinski definition) is 1. The van der Waals surface area contributed by atoms with E-state index >= 15 is 0 Å². The van der Waals surface area contributed by atoms with Crippen LogP contribution in [-0.2, 0) is 20.0 Å². The molecule has 0 aliphatic heterocycles. The average Bonchev–Trinajstić information content (AvgIpc) is 2.95. The van der Waals surface area contributed by atoms with Gasteiger partial charge in [-0.25, -0.2) is 8.78 Å². The summed E-state index contributed by atoms with van der Waals surface area (Å²) in [6.45, 7) is 5.36. The highest BCUT2D eigenvalue weighted by atomic mass is 19.2. The summed E-state index contributed by atoms with van der Waals surface area (Å²) in [6.07, 6.45) is 2.39. The van der Waals surface area contributed by atoms with Gasteiger partial charge in [0, 0.05) is 46.0 Å². The lowest BCUT2D eigenvalue weighted by molar-refractivity contribution is 0.471. The van der Waals surface area contributed by atoms with Crippen LogP contribution in [0.1, 0.15) is 36.6 Å². The molecule has 0 unspecified atom stereocenters. The van der Waals surface area contributed by atoms with Crippen LogP contribution in [0.2, 0.25) is 0 Å². The first-order valence-electron chi connectivity index (χ1n) is 8.70. The highest BCUT2D eigenvalue weighted by molar-refractivity contribution is 5.79. The van der Waals surface area contributed by atoms with Gasteiger partial charge in [0.15, 0.2) is 17.6 Å². The summed E-state index contributed by atoms with van der Waals surface area (Å²) < 4.78 is 28.8. The van der Waals surface area contributed by atoms with Crippen molar-refractivity contribution in [2.24, 2.45) is 12.0 Å². The molecule has 0 spiro atoms. The summed E-state index contributed by atoms with van der Waals surface area (Å²) >= 11 is 0. The van der Waals surface area contributed by atoms with E-state index in [2.05, 4.69) is 29.3 Å². The van der Waals surface area contributed by atoms with Crippen LogP contribution in [0.15, 0.2) is 29.4 Å². The molecule has 0 bridgehead atoms. The number of aryl methyl sites for hydroxylation is 1. The maximum absolute atomic E-state index is 13.7. The van der Waals surface area contributed by atoms with E-state index in [4.69, 9.17) is 0 Å². The minimum atomic E-state index is -0.818. The fourth-order valence-corrected chi connectivity index (χ4v) is 2.93. The van der Waals surface area contributed by atoms with Gasteiger partial charge in [0.25, 0.3) is 0 Å². The molecule has 0 saturated heterocycles. The Morgan fingerprint density at radius 3 is 2.69 bits per heavy atom. The number of rotatable bonds is 6. The summed E-state index contributed by atoms with van der Waals surface area (Å²) in [4.78, 5) is 6.26. The Morgan fingerprint density at radius 1 is 1.31 bits per heavy atom. The summed E-state index contributed by atoms with van der Waals surface area (Å²) in [5, 5.41) is 7.72. The van der Waals surface area contributed by atoms with Crippen LogP contribution in [0.3, 0.4) is 0 Å². The van der Waals surface area contributed by atoms with Crippen molar-refractivity contribution in [2.45, 2.75) is 32.7 Å². The quantitative estimate of drug-likeness (QED) is 0.634. The highest BCUT2D eigenvalue weighted by Crippen LogP contribution is 2.18. The molecule has 26 heavy (non-hydrogen) atoms. The summed E-state index contributed by atoms with van der Waals surface area (Å²) in [6, 6.07) is 4.24. The van der Waals surface area contributed by atoms with Crippen LogP contribution < -0.4 is 5.32 Å². The van der Waals surface area contributed by atoms with Gasteiger partial charge in [0.05, 0.1) is 5.69 Å². The van der Waals surface area contributed by atoms with E-state index < -0.39 is 11.6 Å². The molecule has 2 rings (SSSR count). The first kappa shape index (κ1) is 19.9. The maximum Gasteiger partial charge on any atom is 0.193 e. The molecule has 0 amide bonds. The third-order valence-electron chi connectivity index (χ3n) is 4.17. The molecule has 1 aromatic carbocycles. The van der Waals surface area contributed by atoms with Crippen LogP contribution in [0.5, 0.6) is 0 Å². The minimum absolute atomic E-state index is 0.338. The molecular formula is C19H27F2N5. The van der Waals surface area contributed by atoms with Gasteiger partial charge in [0.1, 0.15) is 0 Å². The molecule has 142 valence electrons. The van der Waals surface area contributed by atoms with Gasteiger partial charge in [-0.1, -0.05) is 26.0 Å². The molecule has 1 aromatic heterocycles. The Kier molecular flexibility index (Phi) is 6.71. The van der Waals surface area contributed by atoms with Gasteiger partial charge >= 0.3 is 0 Å². The summed E-state index contributed by atoms with van der Waals surface area (Å²) in [7, 11) is 5.55. The van der Waals surface area contributed by atoms with Crippen molar-refractivity contribution >= 4 is 5.96 Å². The van der Waals surface area contributed by atoms with E-state index in [0.29, 0.717) is 37.0 Å². The van der Waals surface area contributed by atoms with Gasteiger partial charge in [0.2, 0.25) is 0 Å². The fraction of sp³-hybridized carbons (Fsp3) is 0.474. The van der Waals surface area contributed by atoms with E-state index in [-0.39, 0.29) is 0 Å². The zero-order valence-electron chi connectivity index (χ0n) is 16.1. The number of hydrogen-bond acceptors (Lipinski definition) is 2. The van der Waals surface area contributed by atoms with Gasteiger partial charge < -0.3 is 10.2 Å². The van der Waals surface area contributed by atoms with E-state index in [0.717, 1.165) is 17.3 Å². The second kappa shape index (κ2) is 8.78. The van der Waals surface area contributed by atoms with E-state index in [1.54, 1.807) is 13.1 Å². The van der Waals surface area contributed by atoms with Gasteiger partial charge in [-0.3, -0.25) is 9.67 Å². The van der Waals surface area contributed by atoms with E-state index in [1.165, 1.54) is 6.07 Å². The predicted molar refractivity (Wildman–Crippen MR) is 100 cm³/mol. The van der Waals surface area contributed by atoms with Crippen molar-refractivity contribution in [3.8, 4) is 0 Å². The molecule has 0 aliphatic carbocycles. The SMILES string of the molecule is CN=C(NCCc1cccc(F)c1F)N(C)Cc1cn(C)nc1C(C)C. The first-order chi connectivity index (χ1) is 12.3. The Morgan fingerprint density at radius 2 is 2.04 bits per heavy atom. The number of nitrogens with one attached hydrogen (secondary N) is 1. The van der Waals surface area contributed by atoms with Gasteiger partial charge in [-0.15, -0.1) is 0 Å². The van der Waals surface area contributed by atoms with Crippen molar-refractivity contribution in [3.63, 3.8) is 0 Å². The molecule has 0 atom stereocenters. The van der Waals surface area contributed by atoms with Crippen LogP contribution in [0.4, 0.5) is 8.78 Å². The molecule has 0 radical (unpaired) electrons. The molecule has 1 heterocycles. The van der Waals surface area contributed by atoms with Crippen LogP contribution in [0, 0.1) is 11.6 Å². The highest BCUT2D eigenvalue weighted by Gasteiger charge is 2.15. The van der Waals surface area contributed by atoms with Crippen LogP contribution in [-0.4, -0.2) is 41.3 Å². The standard InChI is InChI=1S/C19H27F2N5/c1-13(2)18-15(12-26(5)24-18)11-25(4)19(22-3)23-10-9-14-7-6-8-16(20)17(14)21/h6-8,12-13H,9-11H2,1-5H3,(H,22,23). The third-order valence-corrected chi connectivity index (χ3v) is 4.17. The number of halogens is 2. The van der Waals surface area contributed by atoms with Crippen molar-refractivity contribution < 1.29 is 8.78 Å². The Hall–Kier alpha value is -2.44. The predicted octanol–water partition coefficient (Wildman–Crippen LogP) is 3.07. The Labute approximate surface area is 153 Å². The third kappa shape index (κ3) is 4.80. The Balaban J connectivity index is 1.97. The second-order valence-corrected chi connectivity index (χ2v) is 6.66. The molecule has 0 aliphatic rings. The number of nitrogens with zero attached hydrogens (tertiary/aromatic N) is 4. The minimum Gasteiger partial charge on any atom is -0.356 e. The van der Waals surface area contributed by atoms with Crippen molar-refractivity contribution in [3.05, 3.63) is 52.9 Å². The lowest BCUT2D eigenvalue weighted by atomic mass is 10.1. The molecule has 1 N–H and O–H groups in total. The second-order valence-electron chi connectivity index (χ2n) is 6.66. The zero-order valence-corrected chi connectivity index (χ0v) is 16.1. The molecule has 7 heteroatoms. The normalized spacial score (nSPS) is 11.9. The first-order valence-corrected chi connectivity index (χ1v) is 8.70. The van der Waals surface area contributed by atoms with Gasteiger partial charge in [-0.2, -0.15) is 5.10 Å². The topological polar surface area (TPSA) is 45.5 Å². The van der Waals surface area contributed by atoms with Crippen molar-refractivity contribution in [2.75, 3.05) is 20.6 Å².